The zero-order chi connectivity index (χ0) is 13.8. The van der Waals surface area contributed by atoms with Crippen LogP contribution >= 0.6 is 0 Å². The van der Waals surface area contributed by atoms with Gasteiger partial charge in [0, 0.05) is 24.1 Å². The van der Waals surface area contributed by atoms with Crippen LogP contribution < -0.4 is 5.32 Å². The molecule has 0 bridgehead atoms. The van der Waals surface area contributed by atoms with Gasteiger partial charge >= 0.3 is 0 Å². The van der Waals surface area contributed by atoms with Crippen LogP contribution in [0.2, 0.25) is 0 Å². The smallest absolute Gasteiger partial charge is 0.231 e. The number of nitrogens with zero attached hydrogens (tertiary/aromatic N) is 2. The van der Waals surface area contributed by atoms with E-state index in [1.807, 2.05) is 13.8 Å². The van der Waals surface area contributed by atoms with Crippen molar-refractivity contribution < 1.29 is 13.3 Å². The third kappa shape index (κ3) is 3.35. The molecular formula is C13H15F2N3O. The minimum Gasteiger partial charge on any atom is -0.339 e. The average Bonchev–Trinajstić information content (AvgIpc) is 2.84. The fourth-order valence-corrected chi connectivity index (χ4v) is 1.68. The monoisotopic (exact) mass is 267 g/mol. The lowest BCUT2D eigenvalue weighted by molar-refractivity contribution is 0.355. The van der Waals surface area contributed by atoms with Crippen LogP contribution in [0.1, 0.15) is 25.7 Å². The normalized spacial score (nSPS) is 12.6. The molecule has 1 N–H and O–H groups in total. The Labute approximate surface area is 109 Å². The van der Waals surface area contributed by atoms with Gasteiger partial charge in [-0.25, -0.2) is 8.78 Å². The Balaban J connectivity index is 2.20. The summed E-state index contributed by atoms with van der Waals surface area (Å²) in [6.45, 7) is 5.49. The summed E-state index contributed by atoms with van der Waals surface area (Å²) in [5, 5.41) is 6.92. The summed E-state index contributed by atoms with van der Waals surface area (Å²) in [7, 11) is 0. The van der Waals surface area contributed by atoms with E-state index in [1.165, 1.54) is 12.1 Å². The van der Waals surface area contributed by atoms with Gasteiger partial charge in [-0.15, -0.1) is 0 Å². The number of nitrogens with one attached hydrogen (secondary N) is 1. The first-order valence-electron chi connectivity index (χ1n) is 6.11. The number of hydrogen-bond acceptors (Lipinski definition) is 4. The first-order valence-corrected chi connectivity index (χ1v) is 6.11. The van der Waals surface area contributed by atoms with Crippen LogP contribution in [0.25, 0.3) is 11.4 Å². The van der Waals surface area contributed by atoms with Crippen LogP contribution in [0.15, 0.2) is 22.7 Å². The molecule has 0 saturated heterocycles. The summed E-state index contributed by atoms with van der Waals surface area (Å²) < 4.78 is 31.3. The van der Waals surface area contributed by atoms with Gasteiger partial charge in [-0.1, -0.05) is 19.0 Å². The quantitative estimate of drug-likeness (QED) is 0.905. The number of aromatic nitrogens is 2. The largest absolute Gasteiger partial charge is 0.339 e. The van der Waals surface area contributed by atoms with E-state index in [-0.39, 0.29) is 17.3 Å². The van der Waals surface area contributed by atoms with Gasteiger partial charge in [0.2, 0.25) is 11.7 Å². The third-order valence-electron chi connectivity index (χ3n) is 2.68. The molecule has 2 rings (SSSR count). The highest BCUT2D eigenvalue weighted by Gasteiger charge is 2.15. The van der Waals surface area contributed by atoms with Crippen molar-refractivity contribution in [1.29, 1.82) is 0 Å². The second kappa shape index (κ2) is 5.88. The van der Waals surface area contributed by atoms with E-state index in [0.717, 1.165) is 12.6 Å². The molecule has 0 fully saturated rings. The highest BCUT2D eigenvalue weighted by Crippen LogP contribution is 2.21. The average molecular weight is 267 g/mol. The predicted molar refractivity (Wildman–Crippen MR) is 66.6 cm³/mol. The third-order valence-corrected chi connectivity index (χ3v) is 2.68. The number of benzene rings is 1. The summed E-state index contributed by atoms with van der Waals surface area (Å²) in [5.41, 5.74) is 0.267. The molecule has 0 amide bonds. The molecule has 0 radical (unpaired) electrons. The Kier molecular flexibility index (Phi) is 4.21. The highest BCUT2D eigenvalue weighted by molar-refractivity contribution is 5.54. The van der Waals surface area contributed by atoms with Crippen molar-refractivity contribution >= 4 is 0 Å². The Morgan fingerprint density at radius 2 is 1.95 bits per heavy atom. The zero-order valence-electron chi connectivity index (χ0n) is 10.8. The molecule has 4 nitrogen and oxygen atoms in total. The maximum Gasteiger partial charge on any atom is 0.231 e. The summed E-state index contributed by atoms with van der Waals surface area (Å²) >= 11 is 0. The Morgan fingerprint density at radius 1 is 1.26 bits per heavy atom. The molecule has 0 aliphatic rings. The molecule has 0 aliphatic heterocycles. The van der Waals surface area contributed by atoms with Gasteiger partial charge in [-0.3, -0.25) is 0 Å². The summed E-state index contributed by atoms with van der Waals surface area (Å²) in [4.78, 5) is 4.16. The van der Waals surface area contributed by atoms with Crippen LogP contribution in [-0.4, -0.2) is 23.2 Å². The van der Waals surface area contributed by atoms with Crippen LogP contribution in [0.4, 0.5) is 8.78 Å². The lowest BCUT2D eigenvalue weighted by atomic mass is 10.1. The molecule has 1 heterocycles. The van der Waals surface area contributed by atoms with Crippen molar-refractivity contribution in [3.63, 3.8) is 0 Å². The van der Waals surface area contributed by atoms with Crippen LogP contribution in [0.5, 0.6) is 0 Å². The molecule has 6 heteroatoms. The molecule has 1 unspecified atom stereocenters. The van der Waals surface area contributed by atoms with E-state index >= 15 is 0 Å². The fraction of sp³-hybridized carbons (Fsp3) is 0.385. The lowest BCUT2D eigenvalue weighted by Crippen LogP contribution is -2.19. The second-order valence-electron chi connectivity index (χ2n) is 4.32. The van der Waals surface area contributed by atoms with Gasteiger partial charge in [-0.2, -0.15) is 4.98 Å². The number of likely N-dealkylation sites (N-methyl/N-ethyl adjacent to an activating group) is 1. The van der Waals surface area contributed by atoms with Gasteiger partial charge in [0.15, 0.2) is 0 Å². The van der Waals surface area contributed by atoms with Crippen molar-refractivity contribution in [1.82, 2.24) is 15.5 Å². The molecule has 0 spiro atoms. The number of rotatable bonds is 5. The number of halogens is 2. The van der Waals surface area contributed by atoms with Crippen LogP contribution in [0, 0.1) is 11.6 Å². The van der Waals surface area contributed by atoms with Gasteiger partial charge < -0.3 is 9.84 Å². The standard InChI is InChI=1S/C13H15F2N3O/c1-3-16-7-8(2)13-17-12(18-19-13)9-4-10(14)6-11(15)5-9/h4-6,8,16H,3,7H2,1-2H3. The van der Waals surface area contributed by atoms with E-state index < -0.39 is 11.6 Å². The van der Waals surface area contributed by atoms with Crippen molar-refractivity contribution in [2.45, 2.75) is 19.8 Å². The van der Waals surface area contributed by atoms with Gasteiger partial charge in [-0.05, 0) is 18.7 Å². The molecule has 1 atom stereocenters. The minimum absolute atomic E-state index is 0.0413. The van der Waals surface area contributed by atoms with Gasteiger partial charge in [0.25, 0.3) is 0 Å². The molecule has 0 aliphatic carbocycles. The zero-order valence-corrected chi connectivity index (χ0v) is 10.8. The maximum atomic E-state index is 13.1. The van der Waals surface area contributed by atoms with Gasteiger partial charge in [0.05, 0.1) is 0 Å². The molecule has 0 saturated carbocycles. The SMILES string of the molecule is CCNCC(C)c1nc(-c2cc(F)cc(F)c2)no1. The number of hydrogen-bond donors (Lipinski definition) is 1. The molecule has 102 valence electrons. The first kappa shape index (κ1) is 13.6. The fourth-order valence-electron chi connectivity index (χ4n) is 1.68. The van der Waals surface area contributed by atoms with Gasteiger partial charge in [0.1, 0.15) is 11.6 Å². The maximum absolute atomic E-state index is 13.1. The Bertz CT molecular complexity index is 536. The molecule has 19 heavy (non-hydrogen) atoms. The summed E-state index contributed by atoms with van der Waals surface area (Å²) in [5.74, 6) is -0.652. The lowest BCUT2D eigenvalue weighted by Gasteiger charge is -2.05. The predicted octanol–water partition coefficient (Wildman–Crippen LogP) is 2.73. The van der Waals surface area contributed by atoms with Crippen molar-refractivity contribution in [3.8, 4) is 11.4 Å². The van der Waals surface area contributed by atoms with Crippen molar-refractivity contribution in [2.24, 2.45) is 0 Å². The minimum atomic E-state index is -0.665. The van der Waals surface area contributed by atoms with E-state index in [9.17, 15) is 8.78 Å². The molecule has 1 aromatic heterocycles. The molecular weight excluding hydrogens is 252 g/mol. The van der Waals surface area contributed by atoms with E-state index in [0.29, 0.717) is 12.4 Å². The highest BCUT2D eigenvalue weighted by atomic mass is 19.1. The van der Waals surface area contributed by atoms with Crippen molar-refractivity contribution in [2.75, 3.05) is 13.1 Å². The van der Waals surface area contributed by atoms with Crippen molar-refractivity contribution in [3.05, 3.63) is 35.7 Å². The van der Waals surface area contributed by atoms with E-state index in [2.05, 4.69) is 15.5 Å². The molecule has 2 aromatic rings. The second-order valence-corrected chi connectivity index (χ2v) is 4.32. The first-order chi connectivity index (χ1) is 9.10. The Hall–Kier alpha value is -1.82. The van der Waals surface area contributed by atoms with E-state index in [1.54, 1.807) is 0 Å². The van der Waals surface area contributed by atoms with E-state index in [4.69, 9.17) is 4.52 Å². The summed E-state index contributed by atoms with van der Waals surface area (Å²) in [6.07, 6.45) is 0. The van der Waals surface area contributed by atoms with Crippen LogP contribution in [0.3, 0.4) is 0 Å². The van der Waals surface area contributed by atoms with Crippen LogP contribution in [-0.2, 0) is 0 Å². The topological polar surface area (TPSA) is 51.0 Å². The molecule has 1 aromatic carbocycles. The summed E-state index contributed by atoms with van der Waals surface area (Å²) in [6, 6.07) is 3.15. The Morgan fingerprint density at radius 3 is 2.58 bits per heavy atom.